The third kappa shape index (κ3) is 3.22. The molecule has 76 valence electrons. The molecule has 0 heterocycles. The van der Waals surface area contributed by atoms with Crippen LogP contribution in [0.5, 0.6) is 0 Å². The molecule has 0 aromatic rings. The maximum atomic E-state index is 12.5. The van der Waals surface area contributed by atoms with Crippen molar-refractivity contribution in [1.29, 1.82) is 0 Å². The Morgan fingerprint density at radius 3 is 2.23 bits per heavy atom. The Morgan fingerprint density at radius 1 is 1.46 bits per heavy atom. The lowest BCUT2D eigenvalue weighted by Gasteiger charge is -2.13. The smallest absolute Gasteiger partial charge is 0.346 e. The van der Waals surface area contributed by atoms with E-state index in [0.29, 0.717) is 0 Å². The number of carbonyl (C=O) groups is 2. The van der Waals surface area contributed by atoms with Gasteiger partial charge in [-0.15, -0.1) is 11.6 Å². The molecule has 0 aliphatic carbocycles. The first kappa shape index (κ1) is 12.2. The minimum atomic E-state index is -4.01. The molecule has 13 heavy (non-hydrogen) atoms. The lowest BCUT2D eigenvalue weighted by molar-refractivity contribution is -0.159. The number of carboxylic acid groups (broad SMARTS) is 1. The highest BCUT2D eigenvalue weighted by Gasteiger charge is 2.45. The second-order valence-electron chi connectivity index (χ2n) is 2.21. The van der Waals surface area contributed by atoms with Crippen LogP contribution >= 0.6 is 11.6 Å². The van der Waals surface area contributed by atoms with Gasteiger partial charge in [0.2, 0.25) is 5.78 Å². The van der Waals surface area contributed by atoms with Crippen molar-refractivity contribution in [3.63, 3.8) is 0 Å². The van der Waals surface area contributed by atoms with Gasteiger partial charge in [0, 0.05) is 12.3 Å². The minimum absolute atomic E-state index is 0.551. The van der Waals surface area contributed by atoms with Gasteiger partial charge in [-0.3, -0.25) is 4.79 Å². The van der Waals surface area contributed by atoms with Gasteiger partial charge in [-0.25, -0.2) is 9.18 Å². The first-order valence-corrected chi connectivity index (χ1v) is 3.71. The van der Waals surface area contributed by atoms with Crippen LogP contribution in [0, 0.1) is 0 Å². The molecule has 1 atom stereocenters. The third-order valence-electron chi connectivity index (χ3n) is 1.22. The van der Waals surface area contributed by atoms with E-state index in [9.17, 15) is 22.8 Å². The Hall–Kier alpha value is -0.780. The van der Waals surface area contributed by atoms with E-state index in [-0.39, 0.29) is 0 Å². The number of rotatable bonds is 5. The number of halogens is 4. The summed E-state index contributed by atoms with van der Waals surface area (Å²) in [6.07, 6.45) is -4.26. The van der Waals surface area contributed by atoms with Crippen LogP contribution in [0.3, 0.4) is 0 Å². The molecule has 0 rings (SSSR count). The molecular weight excluding hydrogens is 213 g/mol. The van der Waals surface area contributed by atoms with Crippen molar-refractivity contribution in [2.75, 3.05) is 5.88 Å². The van der Waals surface area contributed by atoms with E-state index in [1.54, 1.807) is 0 Å². The molecule has 0 aliphatic heterocycles. The molecule has 3 nitrogen and oxygen atoms in total. The van der Waals surface area contributed by atoms with Crippen LogP contribution in [0.15, 0.2) is 0 Å². The van der Waals surface area contributed by atoms with Gasteiger partial charge < -0.3 is 5.11 Å². The van der Waals surface area contributed by atoms with Gasteiger partial charge in [0.15, 0.2) is 0 Å². The molecule has 1 unspecified atom stereocenters. The highest BCUT2D eigenvalue weighted by molar-refractivity contribution is 6.18. The number of carbonyl (C=O) groups excluding carboxylic acids is 1. The number of carboxylic acids is 1. The van der Waals surface area contributed by atoms with E-state index in [1.807, 2.05) is 0 Å². The molecule has 0 aliphatic rings. The Labute approximate surface area is 76.5 Å². The van der Waals surface area contributed by atoms with E-state index in [0.717, 1.165) is 0 Å². The van der Waals surface area contributed by atoms with Gasteiger partial charge in [-0.1, -0.05) is 0 Å². The van der Waals surface area contributed by atoms with E-state index in [1.165, 1.54) is 0 Å². The molecule has 0 fully saturated rings. The first-order chi connectivity index (χ1) is 5.83. The van der Waals surface area contributed by atoms with E-state index in [2.05, 4.69) is 0 Å². The normalized spacial score (nSPS) is 13.8. The molecule has 1 N–H and O–H groups in total. The largest absolute Gasteiger partial charge is 0.479 e. The first-order valence-electron chi connectivity index (χ1n) is 3.18. The summed E-state index contributed by atoms with van der Waals surface area (Å²) in [5.41, 5.74) is 0. The summed E-state index contributed by atoms with van der Waals surface area (Å²) in [7, 11) is 0. The van der Waals surface area contributed by atoms with Crippen molar-refractivity contribution in [2.45, 2.75) is 18.5 Å². The monoisotopic (exact) mass is 218 g/mol. The maximum Gasteiger partial charge on any atom is 0.346 e. The van der Waals surface area contributed by atoms with Gasteiger partial charge >= 0.3 is 11.9 Å². The third-order valence-corrected chi connectivity index (χ3v) is 1.40. The van der Waals surface area contributed by atoms with Crippen molar-refractivity contribution in [1.82, 2.24) is 0 Å². The minimum Gasteiger partial charge on any atom is -0.479 e. The summed E-state index contributed by atoms with van der Waals surface area (Å²) < 4.78 is 37.2. The fraction of sp³-hybridized carbons (Fsp3) is 0.667. The summed E-state index contributed by atoms with van der Waals surface area (Å²) in [5.74, 6) is -9.05. The van der Waals surface area contributed by atoms with Gasteiger partial charge in [0.05, 0.1) is 0 Å². The van der Waals surface area contributed by atoms with Gasteiger partial charge in [0.25, 0.3) is 6.17 Å². The second kappa shape index (κ2) is 4.45. The molecular formula is C6H6ClF3O3. The number of hydrogen-bond donors (Lipinski definition) is 1. The fourth-order valence-electron chi connectivity index (χ4n) is 0.539. The van der Waals surface area contributed by atoms with Crippen LogP contribution in [0.25, 0.3) is 0 Å². The van der Waals surface area contributed by atoms with Gasteiger partial charge in [0.1, 0.15) is 0 Å². The van der Waals surface area contributed by atoms with E-state index < -0.39 is 36.1 Å². The summed E-state index contributed by atoms with van der Waals surface area (Å²) in [5, 5.41) is 7.92. The summed E-state index contributed by atoms with van der Waals surface area (Å²) in [4.78, 5) is 20.3. The van der Waals surface area contributed by atoms with E-state index >= 15 is 0 Å². The van der Waals surface area contributed by atoms with Crippen LogP contribution in [-0.4, -0.2) is 34.8 Å². The van der Waals surface area contributed by atoms with E-state index in [4.69, 9.17) is 16.7 Å². The molecule has 0 bridgehead atoms. The standard InChI is InChI=1S/C6H6ClF3O3/c7-2-1-6(9,10)4(11)3(8)5(12)13/h3H,1-2H2,(H,12,13). The Bertz CT molecular complexity index is 219. The lowest BCUT2D eigenvalue weighted by Crippen LogP contribution is -2.40. The lowest BCUT2D eigenvalue weighted by atomic mass is 10.1. The number of alkyl halides is 4. The molecule has 0 radical (unpaired) electrons. The molecule has 7 heteroatoms. The number of hydrogen-bond acceptors (Lipinski definition) is 2. The van der Waals surface area contributed by atoms with Crippen LogP contribution in [0.2, 0.25) is 0 Å². The predicted molar refractivity (Wildman–Crippen MR) is 37.8 cm³/mol. The Balaban J connectivity index is 4.48. The predicted octanol–water partition coefficient (Wildman–Crippen LogP) is 1.24. The zero-order chi connectivity index (χ0) is 10.6. The number of Topliss-reactive ketones (excluding diaryl/α,β-unsaturated/α-hetero) is 1. The Morgan fingerprint density at radius 2 is 1.92 bits per heavy atom. The zero-order valence-electron chi connectivity index (χ0n) is 6.27. The molecule has 0 spiro atoms. The van der Waals surface area contributed by atoms with Crippen LogP contribution < -0.4 is 0 Å². The highest BCUT2D eigenvalue weighted by Crippen LogP contribution is 2.23. The number of aliphatic carboxylic acids is 1. The average molecular weight is 219 g/mol. The molecule has 0 amide bonds. The van der Waals surface area contributed by atoms with Crippen LogP contribution in [0.4, 0.5) is 13.2 Å². The van der Waals surface area contributed by atoms with Crippen LogP contribution in [0.1, 0.15) is 6.42 Å². The highest BCUT2D eigenvalue weighted by atomic mass is 35.5. The summed E-state index contributed by atoms with van der Waals surface area (Å²) in [6, 6.07) is 0. The van der Waals surface area contributed by atoms with Crippen molar-refractivity contribution >= 4 is 23.4 Å². The zero-order valence-corrected chi connectivity index (χ0v) is 7.02. The topological polar surface area (TPSA) is 54.4 Å². The fourth-order valence-corrected chi connectivity index (χ4v) is 0.777. The quantitative estimate of drug-likeness (QED) is 0.558. The van der Waals surface area contributed by atoms with Crippen LogP contribution in [-0.2, 0) is 9.59 Å². The van der Waals surface area contributed by atoms with Crippen molar-refractivity contribution in [3.8, 4) is 0 Å². The Kier molecular flexibility index (Phi) is 4.19. The summed E-state index contributed by atoms with van der Waals surface area (Å²) in [6.45, 7) is 0. The van der Waals surface area contributed by atoms with Gasteiger partial charge in [-0.2, -0.15) is 8.78 Å². The molecule has 0 aromatic carbocycles. The average Bonchev–Trinajstić information content (AvgIpc) is 2.01. The molecule has 0 saturated heterocycles. The molecule has 0 aromatic heterocycles. The second-order valence-corrected chi connectivity index (χ2v) is 2.59. The number of ketones is 1. The van der Waals surface area contributed by atoms with Crippen molar-refractivity contribution < 1.29 is 27.9 Å². The summed E-state index contributed by atoms with van der Waals surface area (Å²) >= 11 is 4.91. The van der Waals surface area contributed by atoms with Crippen molar-refractivity contribution in [2.24, 2.45) is 0 Å². The van der Waals surface area contributed by atoms with Gasteiger partial charge in [-0.05, 0) is 0 Å². The van der Waals surface area contributed by atoms with Crippen molar-refractivity contribution in [3.05, 3.63) is 0 Å². The maximum absolute atomic E-state index is 12.5. The SMILES string of the molecule is O=C(O)C(F)C(=O)C(F)(F)CCCl. The molecule has 0 saturated carbocycles.